The van der Waals surface area contributed by atoms with Crippen molar-refractivity contribution in [2.45, 2.75) is 19.4 Å². The van der Waals surface area contributed by atoms with E-state index >= 15 is 0 Å². The molecule has 0 unspecified atom stereocenters. The second kappa shape index (κ2) is 9.71. The Morgan fingerprint density at radius 3 is 2.04 bits per heavy atom. The van der Waals surface area contributed by atoms with Crippen molar-refractivity contribution in [3.05, 3.63) is 145 Å². The number of benzene rings is 7. The molecular formula is C43H29N3S. The number of anilines is 2. The van der Waals surface area contributed by atoms with E-state index in [1.807, 2.05) is 11.3 Å². The lowest BCUT2D eigenvalue weighted by atomic mass is 9.76. The Hall–Kier alpha value is -5.58. The maximum atomic E-state index is 5.48. The SMILES string of the molecule is CC1(C)c2ccc3ccccc3c2-c2c(c3sc4ccccc4c3c3ccccc23)N1c1nc(-c2ccccc2)c2ccccc2n1. The van der Waals surface area contributed by atoms with Crippen LogP contribution in [0.1, 0.15) is 19.4 Å². The molecule has 0 fully saturated rings. The highest BCUT2D eigenvalue weighted by Crippen LogP contribution is 2.59. The summed E-state index contributed by atoms with van der Waals surface area (Å²) in [5.74, 6) is 0.710. The number of hydrogen-bond acceptors (Lipinski definition) is 4. The zero-order chi connectivity index (χ0) is 31.3. The van der Waals surface area contributed by atoms with Gasteiger partial charge in [-0.25, -0.2) is 9.97 Å². The highest BCUT2D eigenvalue weighted by Gasteiger charge is 2.43. The molecule has 10 rings (SSSR count). The van der Waals surface area contributed by atoms with Crippen molar-refractivity contribution in [3.63, 3.8) is 0 Å². The van der Waals surface area contributed by atoms with Gasteiger partial charge < -0.3 is 0 Å². The monoisotopic (exact) mass is 619 g/mol. The third kappa shape index (κ3) is 3.67. The van der Waals surface area contributed by atoms with Gasteiger partial charge in [-0.2, -0.15) is 0 Å². The minimum atomic E-state index is -0.478. The molecule has 0 bridgehead atoms. The highest BCUT2D eigenvalue weighted by molar-refractivity contribution is 7.26. The molecule has 47 heavy (non-hydrogen) atoms. The van der Waals surface area contributed by atoms with Crippen LogP contribution >= 0.6 is 11.3 Å². The summed E-state index contributed by atoms with van der Waals surface area (Å²) in [5, 5.41) is 8.69. The fraction of sp³-hybridized carbons (Fsp3) is 0.0698. The summed E-state index contributed by atoms with van der Waals surface area (Å²) in [6.07, 6.45) is 0. The highest BCUT2D eigenvalue weighted by atomic mass is 32.1. The smallest absolute Gasteiger partial charge is 0.231 e. The maximum Gasteiger partial charge on any atom is 0.231 e. The quantitative estimate of drug-likeness (QED) is 0.193. The van der Waals surface area contributed by atoms with E-state index in [9.17, 15) is 0 Å². The van der Waals surface area contributed by atoms with E-state index in [1.165, 1.54) is 64.1 Å². The van der Waals surface area contributed by atoms with Gasteiger partial charge in [-0.05, 0) is 58.7 Å². The molecule has 222 valence electrons. The number of para-hydroxylation sites is 1. The zero-order valence-electron chi connectivity index (χ0n) is 26.0. The lowest BCUT2D eigenvalue weighted by Gasteiger charge is -2.46. The van der Waals surface area contributed by atoms with Crippen LogP contribution < -0.4 is 4.90 Å². The Balaban J connectivity index is 1.43. The van der Waals surface area contributed by atoms with Gasteiger partial charge in [-0.15, -0.1) is 11.3 Å². The van der Waals surface area contributed by atoms with Crippen LogP contribution in [-0.4, -0.2) is 9.97 Å². The van der Waals surface area contributed by atoms with E-state index in [2.05, 4.69) is 158 Å². The normalized spacial score (nSPS) is 13.9. The summed E-state index contributed by atoms with van der Waals surface area (Å²) in [5.41, 5.74) is 7.50. The second-order valence-electron chi connectivity index (χ2n) is 12.9. The van der Waals surface area contributed by atoms with E-state index in [1.54, 1.807) is 0 Å². The molecule has 0 atom stereocenters. The summed E-state index contributed by atoms with van der Waals surface area (Å²) >= 11 is 1.88. The van der Waals surface area contributed by atoms with Crippen molar-refractivity contribution in [3.8, 4) is 22.4 Å². The molecule has 0 spiro atoms. The van der Waals surface area contributed by atoms with Crippen molar-refractivity contribution in [1.82, 2.24) is 9.97 Å². The summed E-state index contributed by atoms with van der Waals surface area (Å²) in [7, 11) is 0. The third-order valence-electron chi connectivity index (χ3n) is 9.97. The van der Waals surface area contributed by atoms with Gasteiger partial charge in [-0.3, -0.25) is 4.90 Å². The summed E-state index contributed by atoms with van der Waals surface area (Å²) < 4.78 is 2.55. The Morgan fingerprint density at radius 1 is 0.553 bits per heavy atom. The largest absolute Gasteiger partial charge is 0.299 e. The van der Waals surface area contributed by atoms with E-state index < -0.39 is 5.54 Å². The molecule has 0 amide bonds. The molecular weight excluding hydrogens is 591 g/mol. The number of hydrogen-bond donors (Lipinski definition) is 0. The van der Waals surface area contributed by atoms with Gasteiger partial charge in [-0.1, -0.05) is 127 Å². The Labute approximate surface area is 276 Å². The van der Waals surface area contributed by atoms with Crippen LogP contribution in [-0.2, 0) is 5.54 Å². The van der Waals surface area contributed by atoms with E-state index in [4.69, 9.17) is 9.97 Å². The van der Waals surface area contributed by atoms with E-state index in [0.29, 0.717) is 5.95 Å². The molecule has 3 nitrogen and oxygen atoms in total. The van der Waals surface area contributed by atoms with Crippen LogP contribution in [0.5, 0.6) is 0 Å². The van der Waals surface area contributed by atoms with Crippen LogP contribution in [0.3, 0.4) is 0 Å². The number of rotatable bonds is 2. The standard InChI is InChI=1S/C43H29N3S/c1-43(2)33-25-24-26-14-6-7-17-28(26)37(33)38-30-19-9-8-18-29(30)36-32-21-11-13-23-35(32)47-41(36)40(38)46(43)42-44-34-22-12-10-20-31(34)39(45-42)27-15-4-3-5-16-27/h3-25H,1-2H3. The average Bonchev–Trinajstić information content (AvgIpc) is 3.51. The molecule has 0 aliphatic carbocycles. The van der Waals surface area contributed by atoms with Crippen LogP contribution in [0.4, 0.5) is 11.6 Å². The zero-order valence-corrected chi connectivity index (χ0v) is 26.8. The molecule has 0 radical (unpaired) electrons. The Bertz CT molecular complexity index is 2720. The van der Waals surface area contributed by atoms with E-state index in [-0.39, 0.29) is 0 Å². The third-order valence-corrected chi connectivity index (χ3v) is 11.2. The minimum Gasteiger partial charge on any atom is -0.299 e. The van der Waals surface area contributed by atoms with Gasteiger partial charge in [0.2, 0.25) is 5.95 Å². The van der Waals surface area contributed by atoms with Crippen molar-refractivity contribution in [1.29, 1.82) is 0 Å². The first-order valence-corrected chi connectivity index (χ1v) is 16.9. The fourth-order valence-corrected chi connectivity index (χ4v) is 9.15. The molecule has 3 heterocycles. The van der Waals surface area contributed by atoms with Crippen molar-refractivity contribution >= 4 is 75.6 Å². The molecule has 1 aliphatic rings. The number of aromatic nitrogens is 2. The average molecular weight is 620 g/mol. The minimum absolute atomic E-state index is 0.478. The molecule has 0 saturated heterocycles. The fourth-order valence-electron chi connectivity index (χ4n) is 7.89. The van der Waals surface area contributed by atoms with Gasteiger partial charge in [0.05, 0.1) is 27.1 Å². The van der Waals surface area contributed by atoms with Gasteiger partial charge in [0, 0.05) is 32.0 Å². The van der Waals surface area contributed by atoms with E-state index in [0.717, 1.165) is 22.2 Å². The second-order valence-corrected chi connectivity index (χ2v) is 14.0. The van der Waals surface area contributed by atoms with Gasteiger partial charge in [0.15, 0.2) is 0 Å². The first kappa shape index (κ1) is 26.6. The number of thiophene rings is 1. The van der Waals surface area contributed by atoms with Gasteiger partial charge in [0.1, 0.15) is 0 Å². The van der Waals surface area contributed by atoms with Crippen LogP contribution in [0.2, 0.25) is 0 Å². The van der Waals surface area contributed by atoms with Crippen LogP contribution in [0.15, 0.2) is 140 Å². The lowest BCUT2D eigenvalue weighted by Crippen LogP contribution is -2.42. The van der Waals surface area contributed by atoms with Gasteiger partial charge >= 0.3 is 0 Å². The molecule has 0 saturated carbocycles. The van der Waals surface area contributed by atoms with Crippen molar-refractivity contribution < 1.29 is 0 Å². The summed E-state index contributed by atoms with van der Waals surface area (Å²) in [4.78, 5) is 13.3. The maximum absolute atomic E-state index is 5.48. The summed E-state index contributed by atoms with van der Waals surface area (Å²) in [6.45, 7) is 4.66. The number of fused-ring (bicyclic) bond motifs is 13. The van der Waals surface area contributed by atoms with Crippen LogP contribution in [0.25, 0.3) is 75.0 Å². The topological polar surface area (TPSA) is 29.0 Å². The molecule has 4 heteroatoms. The van der Waals surface area contributed by atoms with Crippen LogP contribution in [0, 0.1) is 0 Å². The lowest BCUT2D eigenvalue weighted by molar-refractivity contribution is 0.525. The predicted molar refractivity (Wildman–Crippen MR) is 200 cm³/mol. The molecule has 7 aromatic carbocycles. The molecule has 1 aliphatic heterocycles. The van der Waals surface area contributed by atoms with Gasteiger partial charge in [0.25, 0.3) is 0 Å². The first-order valence-electron chi connectivity index (χ1n) is 16.1. The Kier molecular flexibility index (Phi) is 5.50. The molecule has 2 aromatic heterocycles. The molecule has 9 aromatic rings. The van der Waals surface area contributed by atoms with Crippen molar-refractivity contribution in [2.24, 2.45) is 0 Å². The Morgan fingerprint density at radius 2 is 1.21 bits per heavy atom. The first-order chi connectivity index (χ1) is 23.1. The number of nitrogens with zero attached hydrogens (tertiary/aromatic N) is 3. The predicted octanol–water partition coefficient (Wildman–Crippen LogP) is 12.0. The van der Waals surface area contributed by atoms with Crippen molar-refractivity contribution in [2.75, 3.05) is 4.90 Å². The molecule has 0 N–H and O–H groups in total. The summed E-state index contributed by atoms with van der Waals surface area (Å²) in [6, 6.07) is 50.1.